The zero-order valence-corrected chi connectivity index (χ0v) is 8.64. The molecule has 0 aliphatic carbocycles. The van der Waals surface area contributed by atoms with Crippen LogP contribution in [0.25, 0.3) is 5.82 Å². The van der Waals surface area contributed by atoms with Crippen molar-refractivity contribution in [3.63, 3.8) is 0 Å². The molecule has 13 heavy (non-hydrogen) atoms. The number of rotatable bonds is 1. The van der Waals surface area contributed by atoms with Crippen LogP contribution in [0.15, 0.2) is 30.6 Å². The van der Waals surface area contributed by atoms with E-state index in [1.165, 1.54) is 4.68 Å². The molecule has 3 nitrogen and oxygen atoms in total. The molecule has 66 valence electrons. The van der Waals surface area contributed by atoms with Crippen molar-refractivity contribution in [2.75, 3.05) is 0 Å². The molecule has 0 bridgehead atoms. The lowest BCUT2D eigenvalue weighted by molar-refractivity contribution is 0.570. The van der Waals surface area contributed by atoms with Crippen molar-refractivity contribution < 1.29 is 4.39 Å². The van der Waals surface area contributed by atoms with Gasteiger partial charge in [-0.05, 0) is 40.8 Å². The molecule has 0 radical (unpaired) electrons. The van der Waals surface area contributed by atoms with E-state index in [4.69, 9.17) is 0 Å². The summed E-state index contributed by atoms with van der Waals surface area (Å²) in [5.41, 5.74) is 0. The third-order valence-electron chi connectivity index (χ3n) is 1.53. The van der Waals surface area contributed by atoms with E-state index in [2.05, 4.69) is 10.1 Å². The molecule has 2 heterocycles. The summed E-state index contributed by atoms with van der Waals surface area (Å²) in [4.78, 5) is 3.74. The standard InChI is InChI=1S/C8H5FIN3/c9-8-6(10)2-3-7(12-8)13-5-1-4-11-13/h1-5H. The second-order valence-electron chi connectivity index (χ2n) is 2.39. The summed E-state index contributed by atoms with van der Waals surface area (Å²) in [6.07, 6.45) is 3.34. The van der Waals surface area contributed by atoms with E-state index in [-0.39, 0.29) is 0 Å². The van der Waals surface area contributed by atoms with Crippen molar-refractivity contribution in [1.82, 2.24) is 14.8 Å². The molecule has 0 saturated heterocycles. The lowest BCUT2D eigenvalue weighted by Crippen LogP contribution is -2.00. The van der Waals surface area contributed by atoms with Gasteiger partial charge >= 0.3 is 0 Å². The Hall–Kier alpha value is -0.980. The van der Waals surface area contributed by atoms with Crippen LogP contribution in [0, 0.1) is 9.52 Å². The van der Waals surface area contributed by atoms with Crippen molar-refractivity contribution in [3.8, 4) is 5.82 Å². The average molecular weight is 289 g/mol. The number of halogens is 2. The molecule has 0 spiro atoms. The van der Waals surface area contributed by atoms with Crippen molar-refractivity contribution in [1.29, 1.82) is 0 Å². The van der Waals surface area contributed by atoms with E-state index in [1.807, 2.05) is 22.6 Å². The zero-order valence-electron chi connectivity index (χ0n) is 6.48. The topological polar surface area (TPSA) is 30.7 Å². The maximum Gasteiger partial charge on any atom is 0.228 e. The third-order valence-corrected chi connectivity index (χ3v) is 2.33. The van der Waals surface area contributed by atoms with E-state index < -0.39 is 5.95 Å². The first-order valence-electron chi connectivity index (χ1n) is 3.59. The van der Waals surface area contributed by atoms with Gasteiger partial charge in [-0.15, -0.1) is 0 Å². The minimum atomic E-state index is -0.464. The number of hydrogen-bond acceptors (Lipinski definition) is 2. The van der Waals surface area contributed by atoms with Crippen molar-refractivity contribution >= 4 is 22.6 Å². The first-order chi connectivity index (χ1) is 6.27. The van der Waals surface area contributed by atoms with E-state index in [0.717, 1.165) is 0 Å². The Balaban J connectivity index is 2.49. The molecule has 0 amide bonds. The second-order valence-corrected chi connectivity index (χ2v) is 3.55. The summed E-state index contributed by atoms with van der Waals surface area (Å²) in [5, 5.41) is 3.94. The Morgan fingerprint density at radius 3 is 2.85 bits per heavy atom. The Morgan fingerprint density at radius 1 is 1.38 bits per heavy atom. The Bertz CT molecular complexity index is 413. The number of nitrogens with zero attached hydrogens (tertiary/aromatic N) is 3. The Kier molecular flexibility index (Phi) is 2.26. The maximum atomic E-state index is 13.0. The summed E-state index contributed by atoms with van der Waals surface area (Å²) in [5.74, 6) is 0.0246. The molecular weight excluding hydrogens is 284 g/mol. The van der Waals surface area contributed by atoms with Crippen molar-refractivity contribution in [3.05, 3.63) is 40.1 Å². The largest absolute Gasteiger partial charge is 0.228 e. The molecule has 0 unspecified atom stereocenters. The van der Waals surface area contributed by atoms with Gasteiger partial charge in [0.15, 0.2) is 5.82 Å². The summed E-state index contributed by atoms with van der Waals surface area (Å²) in [6, 6.07) is 5.15. The fourth-order valence-corrected chi connectivity index (χ4v) is 1.24. The summed E-state index contributed by atoms with van der Waals surface area (Å²) >= 11 is 1.89. The first kappa shape index (κ1) is 8.61. The van der Waals surface area contributed by atoms with Gasteiger partial charge in [-0.3, -0.25) is 0 Å². The molecule has 0 aliphatic heterocycles. The van der Waals surface area contributed by atoms with Gasteiger partial charge in [-0.2, -0.15) is 14.5 Å². The van der Waals surface area contributed by atoms with Gasteiger partial charge in [-0.1, -0.05) is 0 Å². The quantitative estimate of drug-likeness (QED) is 0.594. The average Bonchev–Trinajstić information content (AvgIpc) is 2.62. The Labute approximate surface area is 87.7 Å². The zero-order chi connectivity index (χ0) is 9.26. The minimum absolute atomic E-state index is 0.464. The number of hydrogen-bond donors (Lipinski definition) is 0. The highest BCUT2D eigenvalue weighted by atomic mass is 127. The summed E-state index contributed by atoms with van der Waals surface area (Å²) in [7, 11) is 0. The van der Waals surface area contributed by atoms with Crippen LogP contribution in [-0.2, 0) is 0 Å². The van der Waals surface area contributed by atoms with Gasteiger partial charge in [0.2, 0.25) is 5.95 Å². The van der Waals surface area contributed by atoms with Crippen molar-refractivity contribution in [2.24, 2.45) is 0 Å². The summed E-state index contributed by atoms with van der Waals surface area (Å²) in [6.45, 7) is 0. The predicted octanol–water partition coefficient (Wildman–Crippen LogP) is 2.01. The number of pyridine rings is 1. The van der Waals surface area contributed by atoms with Crippen LogP contribution in [0.3, 0.4) is 0 Å². The van der Waals surface area contributed by atoms with E-state index >= 15 is 0 Å². The fourth-order valence-electron chi connectivity index (χ4n) is 0.940. The van der Waals surface area contributed by atoms with E-state index in [1.54, 1.807) is 30.6 Å². The van der Waals surface area contributed by atoms with Crippen LogP contribution in [0.2, 0.25) is 0 Å². The van der Waals surface area contributed by atoms with Crippen LogP contribution in [0.1, 0.15) is 0 Å². The van der Waals surface area contributed by atoms with Crippen molar-refractivity contribution in [2.45, 2.75) is 0 Å². The highest BCUT2D eigenvalue weighted by Crippen LogP contribution is 2.10. The second kappa shape index (κ2) is 3.41. The van der Waals surface area contributed by atoms with Gasteiger partial charge in [0.05, 0.1) is 3.57 Å². The molecule has 2 aromatic heterocycles. The molecule has 2 aromatic rings. The molecule has 0 fully saturated rings. The van der Waals surface area contributed by atoms with Crippen LogP contribution in [0.5, 0.6) is 0 Å². The molecule has 0 aliphatic rings. The smallest absolute Gasteiger partial charge is 0.223 e. The van der Waals surface area contributed by atoms with Gasteiger partial charge in [0.1, 0.15) is 0 Å². The minimum Gasteiger partial charge on any atom is -0.223 e. The van der Waals surface area contributed by atoms with Crippen LogP contribution < -0.4 is 0 Å². The lowest BCUT2D eigenvalue weighted by atomic mass is 10.4. The Morgan fingerprint density at radius 2 is 2.23 bits per heavy atom. The fraction of sp³-hybridized carbons (Fsp3) is 0. The normalized spacial score (nSPS) is 10.3. The van der Waals surface area contributed by atoms with Gasteiger partial charge < -0.3 is 0 Å². The molecule has 0 aromatic carbocycles. The number of aromatic nitrogens is 3. The highest BCUT2D eigenvalue weighted by molar-refractivity contribution is 14.1. The van der Waals surface area contributed by atoms with Crippen LogP contribution >= 0.6 is 22.6 Å². The lowest BCUT2D eigenvalue weighted by Gasteiger charge is -2.00. The van der Waals surface area contributed by atoms with Crippen LogP contribution in [-0.4, -0.2) is 14.8 Å². The maximum absolute atomic E-state index is 13.0. The molecular formula is C8H5FIN3. The molecule has 5 heteroatoms. The molecule has 0 saturated carbocycles. The summed E-state index contributed by atoms with van der Waals surface area (Å²) < 4.78 is 15.0. The SMILES string of the molecule is Fc1nc(-n2cccn2)ccc1I. The monoisotopic (exact) mass is 289 g/mol. The van der Waals surface area contributed by atoms with E-state index in [9.17, 15) is 4.39 Å². The highest BCUT2D eigenvalue weighted by Gasteiger charge is 2.03. The molecule has 2 rings (SSSR count). The molecule has 0 atom stereocenters. The predicted molar refractivity (Wildman–Crippen MR) is 54.0 cm³/mol. The van der Waals surface area contributed by atoms with E-state index in [0.29, 0.717) is 9.39 Å². The first-order valence-corrected chi connectivity index (χ1v) is 4.67. The third kappa shape index (κ3) is 1.69. The van der Waals surface area contributed by atoms with Gasteiger partial charge in [0, 0.05) is 12.4 Å². The van der Waals surface area contributed by atoms with Gasteiger partial charge in [0.25, 0.3) is 0 Å². The molecule has 0 N–H and O–H groups in total. The van der Waals surface area contributed by atoms with Gasteiger partial charge in [-0.25, -0.2) is 4.68 Å². The van der Waals surface area contributed by atoms with Crippen LogP contribution in [0.4, 0.5) is 4.39 Å².